The number of hydrogen-bond donors (Lipinski definition) is 0. The van der Waals surface area contributed by atoms with E-state index in [9.17, 15) is 4.79 Å². The Kier molecular flexibility index (Phi) is 6.66. The topological polar surface area (TPSA) is 32.8 Å². The van der Waals surface area contributed by atoms with E-state index in [2.05, 4.69) is 18.2 Å². The SMILES string of the molecule is CSC1CCCC1N(C)CC1CCN(C(=O)OC(C)(C)C)CC1. The molecule has 0 aromatic carbocycles. The van der Waals surface area contributed by atoms with Crippen LogP contribution in [0.4, 0.5) is 4.79 Å². The van der Waals surface area contributed by atoms with Gasteiger partial charge in [0.2, 0.25) is 0 Å². The first-order valence-electron chi connectivity index (χ1n) is 9.01. The summed E-state index contributed by atoms with van der Waals surface area (Å²) in [4.78, 5) is 16.6. The fraction of sp³-hybridized carbons (Fsp3) is 0.944. The van der Waals surface area contributed by atoms with Crippen molar-refractivity contribution in [1.82, 2.24) is 9.80 Å². The summed E-state index contributed by atoms with van der Waals surface area (Å²) < 4.78 is 5.48. The molecule has 2 fully saturated rings. The smallest absolute Gasteiger partial charge is 0.410 e. The van der Waals surface area contributed by atoms with Gasteiger partial charge in [0.05, 0.1) is 0 Å². The molecule has 2 unspecified atom stereocenters. The molecular formula is C18H34N2O2S. The van der Waals surface area contributed by atoms with Gasteiger partial charge in [-0.2, -0.15) is 11.8 Å². The van der Waals surface area contributed by atoms with Crippen molar-refractivity contribution < 1.29 is 9.53 Å². The second-order valence-electron chi connectivity index (χ2n) is 8.12. The second-order valence-corrected chi connectivity index (χ2v) is 9.20. The molecule has 1 aliphatic carbocycles. The number of thioether (sulfide) groups is 1. The Bertz CT molecular complexity index is 389. The Balaban J connectivity index is 1.75. The summed E-state index contributed by atoms with van der Waals surface area (Å²) in [6, 6.07) is 0.744. The molecule has 0 bridgehead atoms. The Morgan fingerprint density at radius 1 is 1.22 bits per heavy atom. The van der Waals surface area contributed by atoms with Crippen LogP contribution in [0.2, 0.25) is 0 Å². The largest absolute Gasteiger partial charge is 0.444 e. The van der Waals surface area contributed by atoms with E-state index >= 15 is 0 Å². The van der Waals surface area contributed by atoms with E-state index < -0.39 is 5.60 Å². The van der Waals surface area contributed by atoms with E-state index in [-0.39, 0.29) is 6.09 Å². The van der Waals surface area contributed by atoms with Crippen molar-refractivity contribution in [2.24, 2.45) is 5.92 Å². The van der Waals surface area contributed by atoms with Gasteiger partial charge in [0.1, 0.15) is 5.60 Å². The Hall–Kier alpha value is -0.420. The summed E-state index contributed by atoms with van der Waals surface area (Å²) >= 11 is 2.03. The third-order valence-electron chi connectivity index (χ3n) is 5.10. The fourth-order valence-corrected chi connectivity index (χ4v) is 4.91. The average molecular weight is 343 g/mol. The van der Waals surface area contributed by atoms with Crippen LogP contribution in [0.1, 0.15) is 52.9 Å². The van der Waals surface area contributed by atoms with Crippen molar-refractivity contribution in [2.45, 2.75) is 69.8 Å². The third kappa shape index (κ3) is 5.56. The number of carbonyl (C=O) groups excluding carboxylic acids is 1. The number of piperidine rings is 1. The molecule has 4 nitrogen and oxygen atoms in total. The monoisotopic (exact) mass is 342 g/mol. The maximum Gasteiger partial charge on any atom is 0.410 e. The predicted octanol–water partition coefficient (Wildman–Crippen LogP) is 3.85. The van der Waals surface area contributed by atoms with E-state index in [1.807, 2.05) is 37.4 Å². The highest BCUT2D eigenvalue weighted by molar-refractivity contribution is 7.99. The summed E-state index contributed by atoms with van der Waals surface area (Å²) in [5.74, 6) is 0.710. The first kappa shape index (κ1) is 18.9. The van der Waals surface area contributed by atoms with Gasteiger partial charge in [-0.25, -0.2) is 4.79 Å². The molecule has 134 valence electrons. The molecule has 0 aromatic rings. The minimum absolute atomic E-state index is 0.150. The molecule has 2 rings (SSSR count). The predicted molar refractivity (Wildman–Crippen MR) is 98.1 cm³/mol. The number of hydrogen-bond acceptors (Lipinski definition) is 4. The Labute approximate surface area is 146 Å². The lowest BCUT2D eigenvalue weighted by Crippen LogP contribution is -2.45. The first-order chi connectivity index (χ1) is 10.8. The molecule has 1 heterocycles. The van der Waals surface area contributed by atoms with Crippen molar-refractivity contribution >= 4 is 17.9 Å². The fourth-order valence-electron chi connectivity index (χ4n) is 3.85. The lowest BCUT2D eigenvalue weighted by atomic mass is 9.96. The van der Waals surface area contributed by atoms with Crippen molar-refractivity contribution in [3.05, 3.63) is 0 Å². The van der Waals surface area contributed by atoms with E-state index in [1.165, 1.54) is 25.8 Å². The van der Waals surface area contributed by atoms with Crippen LogP contribution in [0.25, 0.3) is 0 Å². The molecule has 1 amide bonds. The summed E-state index contributed by atoms with van der Waals surface area (Å²) in [5, 5.41) is 0.807. The molecule has 23 heavy (non-hydrogen) atoms. The number of amides is 1. The highest BCUT2D eigenvalue weighted by Gasteiger charge is 2.32. The summed E-state index contributed by atoms with van der Waals surface area (Å²) in [6.07, 6.45) is 8.38. The number of rotatable bonds is 4. The van der Waals surface area contributed by atoms with Crippen LogP contribution in [-0.2, 0) is 4.74 Å². The zero-order valence-corrected chi connectivity index (χ0v) is 16.3. The zero-order valence-electron chi connectivity index (χ0n) is 15.5. The molecule has 1 saturated heterocycles. The highest BCUT2D eigenvalue weighted by atomic mass is 32.2. The molecule has 2 aliphatic rings. The van der Waals surface area contributed by atoms with Gasteiger partial charge in [-0.05, 0) is 65.7 Å². The van der Waals surface area contributed by atoms with Crippen molar-refractivity contribution in [3.63, 3.8) is 0 Å². The molecule has 0 N–H and O–H groups in total. The van der Waals surface area contributed by atoms with Gasteiger partial charge in [0, 0.05) is 30.9 Å². The molecule has 5 heteroatoms. The minimum atomic E-state index is -0.399. The van der Waals surface area contributed by atoms with E-state index in [0.29, 0.717) is 5.92 Å². The van der Waals surface area contributed by atoms with Crippen LogP contribution in [0.15, 0.2) is 0 Å². The van der Waals surface area contributed by atoms with Gasteiger partial charge in [0.25, 0.3) is 0 Å². The maximum atomic E-state index is 12.1. The third-order valence-corrected chi connectivity index (χ3v) is 6.25. The molecule has 1 aliphatic heterocycles. The van der Waals surface area contributed by atoms with Gasteiger partial charge in [-0.15, -0.1) is 0 Å². The number of carbonyl (C=O) groups is 1. The standard InChI is InChI=1S/C18H34N2O2S/c1-18(2,3)22-17(21)20-11-9-14(10-12-20)13-19(4)15-7-6-8-16(15)23-5/h14-16H,6-13H2,1-5H3. The first-order valence-corrected chi connectivity index (χ1v) is 10.3. The Morgan fingerprint density at radius 2 is 1.87 bits per heavy atom. The van der Waals surface area contributed by atoms with Crippen LogP contribution in [-0.4, -0.2) is 65.7 Å². The van der Waals surface area contributed by atoms with Crippen LogP contribution >= 0.6 is 11.8 Å². The molecule has 1 saturated carbocycles. The molecule has 0 radical (unpaired) electrons. The highest BCUT2D eigenvalue weighted by Crippen LogP contribution is 2.32. The van der Waals surface area contributed by atoms with Crippen molar-refractivity contribution in [1.29, 1.82) is 0 Å². The Morgan fingerprint density at radius 3 is 2.43 bits per heavy atom. The van der Waals surface area contributed by atoms with E-state index in [0.717, 1.165) is 37.2 Å². The maximum absolute atomic E-state index is 12.1. The molecule has 0 spiro atoms. The van der Waals surface area contributed by atoms with Crippen molar-refractivity contribution in [2.75, 3.05) is 32.9 Å². The number of ether oxygens (including phenoxy) is 1. The molecular weight excluding hydrogens is 308 g/mol. The van der Waals surface area contributed by atoms with Gasteiger partial charge in [-0.1, -0.05) is 6.42 Å². The van der Waals surface area contributed by atoms with Gasteiger partial charge >= 0.3 is 6.09 Å². The van der Waals surface area contributed by atoms with Crippen LogP contribution in [0.5, 0.6) is 0 Å². The minimum Gasteiger partial charge on any atom is -0.444 e. The van der Waals surface area contributed by atoms with Gasteiger partial charge < -0.3 is 14.5 Å². The van der Waals surface area contributed by atoms with Crippen LogP contribution < -0.4 is 0 Å². The lowest BCUT2D eigenvalue weighted by Gasteiger charge is -2.37. The lowest BCUT2D eigenvalue weighted by molar-refractivity contribution is 0.0168. The summed E-state index contributed by atoms with van der Waals surface area (Å²) in [7, 11) is 2.29. The van der Waals surface area contributed by atoms with E-state index in [4.69, 9.17) is 4.74 Å². The van der Waals surface area contributed by atoms with E-state index in [1.54, 1.807) is 0 Å². The summed E-state index contributed by atoms with van der Waals surface area (Å²) in [5.41, 5.74) is -0.399. The van der Waals surface area contributed by atoms with Crippen LogP contribution in [0.3, 0.4) is 0 Å². The normalized spacial score (nSPS) is 26.8. The van der Waals surface area contributed by atoms with Gasteiger partial charge in [-0.3, -0.25) is 0 Å². The zero-order chi connectivity index (χ0) is 17.0. The quantitative estimate of drug-likeness (QED) is 0.777. The number of nitrogens with zero attached hydrogens (tertiary/aromatic N) is 2. The second kappa shape index (κ2) is 8.11. The van der Waals surface area contributed by atoms with Crippen molar-refractivity contribution in [3.8, 4) is 0 Å². The summed E-state index contributed by atoms with van der Waals surface area (Å²) in [6.45, 7) is 8.63. The number of likely N-dealkylation sites (tertiary alicyclic amines) is 1. The molecule has 0 aromatic heterocycles. The van der Waals surface area contributed by atoms with Crippen LogP contribution in [0, 0.1) is 5.92 Å². The molecule has 2 atom stereocenters. The van der Waals surface area contributed by atoms with Gasteiger partial charge in [0.15, 0.2) is 0 Å². The average Bonchev–Trinajstić information content (AvgIpc) is 2.94.